The van der Waals surface area contributed by atoms with E-state index in [1.165, 1.54) is 0 Å². The second kappa shape index (κ2) is 2.51. The van der Waals surface area contributed by atoms with E-state index in [9.17, 15) is 0 Å². The summed E-state index contributed by atoms with van der Waals surface area (Å²) < 4.78 is 6.61. The van der Waals surface area contributed by atoms with Crippen molar-refractivity contribution in [3.8, 4) is 0 Å². The van der Waals surface area contributed by atoms with Crippen molar-refractivity contribution in [3.05, 3.63) is 0 Å². The first-order valence-electron chi connectivity index (χ1n) is 3.96. The highest BCUT2D eigenvalue weighted by Crippen LogP contribution is 2.15. The van der Waals surface area contributed by atoms with E-state index < -0.39 is 0 Å². The van der Waals surface area contributed by atoms with Gasteiger partial charge in [-0.05, 0) is 13.8 Å². The molecule has 1 saturated heterocycles. The van der Waals surface area contributed by atoms with Gasteiger partial charge in [0.2, 0.25) is 0 Å². The zero-order valence-corrected chi connectivity index (χ0v) is 7.42. The summed E-state index contributed by atoms with van der Waals surface area (Å²) in [6.07, 6.45) is 0.436. The number of ether oxygens (including phenoxy) is 1. The summed E-state index contributed by atoms with van der Waals surface area (Å²) >= 11 is 0. The van der Waals surface area contributed by atoms with Gasteiger partial charge in [0.25, 0.3) is 0 Å². The number of hydrogen-bond acceptors (Lipinski definition) is 1. The minimum Gasteiger partial charge on any atom is -0.366 e. The third-order valence-electron chi connectivity index (χ3n) is 2.54. The molecule has 60 valence electrons. The van der Waals surface area contributed by atoms with Crippen LogP contribution < -0.4 is 0 Å². The zero-order chi connectivity index (χ0) is 7.78. The summed E-state index contributed by atoms with van der Waals surface area (Å²) in [6.45, 7) is 6.44. The minimum absolute atomic E-state index is 0.436. The topological polar surface area (TPSA) is 9.23 Å². The van der Waals surface area contributed by atoms with Gasteiger partial charge in [-0.25, -0.2) is 0 Å². The number of morpholine rings is 1. The number of quaternary nitrogens is 1. The highest BCUT2D eigenvalue weighted by molar-refractivity contribution is 4.60. The lowest BCUT2D eigenvalue weighted by atomic mass is 10.2. The van der Waals surface area contributed by atoms with Crippen molar-refractivity contribution in [2.75, 3.05) is 27.2 Å². The van der Waals surface area contributed by atoms with Gasteiger partial charge in [-0.3, -0.25) is 0 Å². The lowest BCUT2D eigenvalue weighted by Gasteiger charge is -2.42. The molecular formula is C8H18NO+. The normalized spacial score (nSPS) is 39.6. The fourth-order valence-corrected chi connectivity index (χ4v) is 1.40. The molecule has 1 aliphatic rings. The second-order valence-corrected chi connectivity index (χ2v) is 3.95. The molecule has 2 heteroatoms. The molecule has 0 bridgehead atoms. The Morgan fingerprint density at radius 2 is 1.90 bits per heavy atom. The van der Waals surface area contributed by atoms with Crippen LogP contribution in [0.1, 0.15) is 13.8 Å². The standard InChI is InChI=1S/C8H18NO/c1-7-6-10-8(2)5-9(7,3)4/h7-8H,5-6H2,1-4H3/q+1. The van der Waals surface area contributed by atoms with E-state index in [-0.39, 0.29) is 0 Å². The van der Waals surface area contributed by atoms with E-state index in [4.69, 9.17) is 4.74 Å². The summed E-state index contributed by atoms with van der Waals surface area (Å²) in [5, 5.41) is 0. The summed E-state index contributed by atoms with van der Waals surface area (Å²) in [6, 6.07) is 0.649. The lowest BCUT2D eigenvalue weighted by molar-refractivity contribution is -0.924. The number of rotatable bonds is 0. The van der Waals surface area contributed by atoms with Crippen molar-refractivity contribution in [2.45, 2.75) is 26.0 Å². The fourth-order valence-electron chi connectivity index (χ4n) is 1.40. The molecule has 10 heavy (non-hydrogen) atoms. The van der Waals surface area contributed by atoms with Crippen LogP contribution in [0.5, 0.6) is 0 Å². The Kier molecular flexibility index (Phi) is 2.02. The van der Waals surface area contributed by atoms with Crippen LogP contribution in [0, 0.1) is 0 Å². The second-order valence-electron chi connectivity index (χ2n) is 3.95. The Balaban J connectivity index is 2.55. The predicted octanol–water partition coefficient (Wildman–Crippen LogP) is 0.870. The first-order chi connectivity index (χ1) is 4.52. The molecule has 0 saturated carbocycles. The van der Waals surface area contributed by atoms with E-state index in [0.29, 0.717) is 12.1 Å². The van der Waals surface area contributed by atoms with Gasteiger partial charge in [-0.15, -0.1) is 0 Å². The Hall–Kier alpha value is -0.0800. The molecule has 0 radical (unpaired) electrons. The lowest BCUT2D eigenvalue weighted by Crippen LogP contribution is -2.57. The number of nitrogens with zero attached hydrogens (tertiary/aromatic N) is 1. The van der Waals surface area contributed by atoms with Gasteiger partial charge in [0, 0.05) is 0 Å². The van der Waals surface area contributed by atoms with Crippen LogP contribution >= 0.6 is 0 Å². The minimum atomic E-state index is 0.436. The number of likely N-dealkylation sites (N-methyl/N-ethyl adjacent to an activating group) is 1. The quantitative estimate of drug-likeness (QED) is 0.458. The Morgan fingerprint density at radius 3 is 2.30 bits per heavy atom. The molecule has 2 unspecified atom stereocenters. The van der Waals surface area contributed by atoms with Gasteiger partial charge >= 0.3 is 0 Å². The van der Waals surface area contributed by atoms with E-state index in [0.717, 1.165) is 17.6 Å². The smallest absolute Gasteiger partial charge is 0.109 e. The monoisotopic (exact) mass is 144 g/mol. The predicted molar refractivity (Wildman–Crippen MR) is 41.9 cm³/mol. The van der Waals surface area contributed by atoms with Crippen molar-refractivity contribution in [3.63, 3.8) is 0 Å². The third kappa shape index (κ3) is 1.50. The van der Waals surface area contributed by atoms with Crippen LogP contribution in [0.4, 0.5) is 0 Å². The van der Waals surface area contributed by atoms with Crippen molar-refractivity contribution in [1.29, 1.82) is 0 Å². The van der Waals surface area contributed by atoms with Crippen LogP contribution in [-0.2, 0) is 4.74 Å². The van der Waals surface area contributed by atoms with Gasteiger partial charge in [-0.2, -0.15) is 0 Å². The maximum absolute atomic E-state index is 5.51. The van der Waals surface area contributed by atoms with Crippen LogP contribution in [0.2, 0.25) is 0 Å². The largest absolute Gasteiger partial charge is 0.366 e. The van der Waals surface area contributed by atoms with Gasteiger partial charge in [0.1, 0.15) is 18.7 Å². The molecular weight excluding hydrogens is 126 g/mol. The molecule has 1 heterocycles. The van der Waals surface area contributed by atoms with E-state index in [2.05, 4.69) is 27.9 Å². The van der Waals surface area contributed by atoms with Crippen LogP contribution in [0.25, 0.3) is 0 Å². The van der Waals surface area contributed by atoms with Gasteiger partial charge in [0.15, 0.2) is 0 Å². The Bertz CT molecular complexity index is 122. The van der Waals surface area contributed by atoms with Crippen molar-refractivity contribution in [2.24, 2.45) is 0 Å². The zero-order valence-electron chi connectivity index (χ0n) is 7.42. The summed E-state index contributed by atoms with van der Waals surface area (Å²) in [5.41, 5.74) is 0. The third-order valence-corrected chi connectivity index (χ3v) is 2.54. The van der Waals surface area contributed by atoms with Crippen molar-refractivity contribution in [1.82, 2.24) is 0 Å². The van der Waals surface area contributed by atoms with E-state index in [1.807, 2.05) is 0 Å². The van der Waals surface area contributed by atoms with Crippen molar-refractivity contribution < 1.29 is 9.22 Å². The molecule has 0 aromatic heterocycles. The van der Waals surface area contributed by atoms with Gasteiger partial charge in [-0.1, -0.05) is 0 Å². The van der Waals surface area contributed by atoms with Crippen LogP contribution in [-0.4, -0.2) is 43.9 Å². The van der Waals surface area contributed by atoms with Gasteiger partial charge in [0.05, 0.1) is 20.7 Å². The maximum Gasteiger partial charge on any atom is 0.109 e. The molecule has 0 aromatic carbocycles. The fraction of sp³-hybridized carbons (Fsp3) is 1.00. The summed E-state index contributed by atoms with van der Waals surface area (Å²) in [7, 11) is 4.54. The molecule has 0 aliphatic carbocycles. The molecule has 1 fully saturated rings. The van der Waals surface area contributed by atoms with Gasteiger partial charge < -0.3 is 9.22 Å². The molecule has 0 aromatic rings. The highest BCUT2D eigenvalue weighted by atomic mass is 16.5. The van der Waals surface area contributed by atoms with Crippen LogP contribution in [0.3, 0.4) is 0 Å². The maximum atomic E-state index is 5.51. The van der Waals surface area contributed by atoms with E-state index in [1.54, 1.807) is 0 Å². The average molecular weight is 144 g/mol. The molecule has 1 rings (SSSR count). The molecule has 0 amide bonds. The number of hydrogen-bond donors (Lipinski definition) is 0. The molecule has 1 aliphatic heterocycles. The molecule has 2 nitrogen and oxygen atoms in total. The Morgan fingerprint density at radius 1 is 1.30 bits per heavy atom. The molecule has 0 N–H and O–H groups in total. The first kappa shape index (κ1) is 8.02. The molecule has 0 spiro atoms. The van der Waals surface area contributed by atoms with Crippen LogP contribution in [0.15, 0.2) is 0 Å². The SMILES string of the molecule is CC1C[N+](C)(C)C(C)CO1. The highest BCUT2D eigenvalue weighted by Gasteiger charge is 2.31. The Labute approximate surface area is 63.4 Å². The van der Waals surface area contributed by atoms with E-state index >= 15 is 0 Å². The molecule has 2 atom stereocenters. The summed E-state index contributed by atoms with van der Waals surface area (Å²) in [5.74, 6) is 0. The first-order valence-corrected chi connectivity index (χ1v) is 3.96. The average Bonchev–Trinajstić information content (AvgIpc) is 1.78. The summed E-state index contributed by atoms with van der Waals surface area (Å²) in [4.78, 5) is 0. The van der Waals surface area contributed by atoms with Crippen molar-refractivity contribution >= 4 is 0 Å².